The number of carbonyl (C=O) groups is 3. The van der Waals surface area contributed by atoms with Crippen molar-refractivity contribution in [2.24, 2.45) is 0 Å². The monoisotopic (exact) mass is 993 g/mol. The second kappa shape index (κ2) is 58.9. The number of hydrogen-bond acceptors (Lipinski definition) is 6. The lowest BCUT2D eigenvalue weighted by Gasteiger charge is -2.18. The Morgan fingerprint density at radius 1 is 0.292 bits per heavy atom. The highest BCUT2D eigenvalue weighted by Crippen LogP contribution is 2.13. The standard InChI is InChI=1S/C66H104O6/c1-4-7-10-13-16-19-22-23-24-25-26-27-28-29-30-31-32-33-34-35-36-37-38-39-40-41-42-43-45-47-50-53-56-59-65(68)71-62-63(61-70-64(67)58-55-52-49-46-21-18-15-12-9-6-3)72-66(69)60-57-54-51-48-44-20-17-14-11-8-5-2/h7,10,12,14-17,19,23-24,26-27,29-30,32-33,35-36,38-39,41-42,45,47,63H,4-6,8-9,11,13,18,20-22,25,28,31,34,37,40,43-44,46,48-62H2,1-3H3/b10-7-,15-12-,17-14-,19-16-,24-23-,27-26-,30-29-,33-32-,36-35-,39-38-,42-41-,47-45-. The lowest BCUT2D eigenvalue weighted by molar-refractivity contribution is -0.167. The van der Waals surface area contributed by atoms with Gasteiger partial charge in [-0.15, -0.1) is 0 Å². The van der Waals surface area contributed by atoms with Crippen LogP contribution < -0.4 is 0 Å². The quantitative estimate of drug-likeness (QED) is 0.0261. The van der Waals surface area contributed by atoms with Crippen LogP contribution in [0.2, 0.25) is 0 Å². The van der Waals surface area contributed by atoms with E-state index in [0.717, 1.165) is 148 Å². The van der Waals surface area contributed by atoms with E-state index in [1.54, 1.807) is 0 Å². The highest BCUT2D eigenvalue weighted by atomic mass is 16.6. The molecule has 0 aromatic heterocycles. The van der Waals surface area contributed by atoms with E-state index in [0.29, 0.717) is 25.7 Å². The molecule has 0 radical (unpaired) electrons. The molecule has 6 nitrogen and oxygen atoms in total. The maximum atomic E-state index is 12.8. The van der Waals surface area contributed by atoms with Gasteiger partial charge in [0.05, 0.1) is 0 Å². The van der Waals surface area contributed by atoms with Crippen LogP contribution in [0.25, 0.3) is 0 Å². The van der Waals surface area contributed by atoms with Crippen molar-refractivity contribution in [1.82, 2.24) is 0 Å². The maximum absolute atomic E-state index is 12.8. The van der Waals surface area contributed by atoms with Crippen LogP contribution in [-0.4, -0.2) is 37.2 Å². The Hall–Kier alpha value is -4.71. The molecule has 1 atom stereocenters. The van der Waals surface area contributed by atoms with Gasteiger partial charge < -0.3 is 14.2 Å². The van der Waals surface area contributed by atoms with Crippen LogP contribution in [-0.2, 0) is 28.6 Å². The summed E-state index contributed by atoms with van der Waals surface area (Å²) in [6.45, 7) is 6.35. The van der Waals surface area contributed by atoms with Crippen LogP contribution in [0.4, 0.5) is 0 Å². The van der Waals surface area contributed by atoms with Crippen LogP contribution in [0.1, 0.15) is 233 Å². The molecule has 0 saturated carbocycles. The molecule has 6 heteroatoms. The van der Waals surface area contributed by atoms with Crippen LogP contribution in [0, 0.1) is 0 Å². The molecule has 0 heterocycles. The molecule has 0 aromatic carbocycles. The van der Waals surface area contributed by atoms with E-state index in [1.807, 2.05) is 0 Å². The number of carbonyl (C=O) groups excluding carboxylic acids is 3. The van der Waals surface area contributed by atoms with E-state index in [-0.39, 0.29) is 31.1 Å². The van der Waals surface area contributed by atoms with Gasteiger partial charge >= 0.3 is 17.9 Å². The van der Waals surface area contributed by atoms with E-state index in [9.17, 15) is 14.4 Å². The van der Waals surface area contributed by atoms with Crippen LogP contribution in [0.15, 0.2) is 146 Å². The number of hydrogen-bond donors (Lipinski definition) is 0. The Morgan fingerprint density at radius 2 is 0.569 bits per heavy atom. The van der Waals surface area contributed by atoms with Crippen molar-refractivity contribution >= 4 is 17.9 Å². The number of allylic oxidation sites excluding steroid dienone is 24. The molecule has 0 amide bonds. The van der Waals surface area contributed by atoms with Crippen LogP contribution in [0.5, 0.6) is 0 Å². The normalized spacial score (nSPS) is 13.2. The van der Waals surface area contributed by atoms with Crippen LogP contribution >= 0.6 is 0 Å². The molecule has 404 valence electrons. The van der Waals surface area contributed by atoms with Gasteiger partial charge in [-0.3, -0.25) is 14.4 Å². The van der Waals surface area contributed by atoms with Gasteiger partial charge in [0.15, 0.2) is 6.10 Å². The molecular weight excluding hydrogens is 889 g/mol. The molecule has 0 aliphatic carbocycles. The minimum atomic E-state index is -0.807. The van der Waals surface area contributed by atoms with Crippen molar-refractivity contribution in [2.75, 3.05) is 13.2 Å². The van der Waals surface area contributed by atoms with E-state index in [4.69, 9.17) is 14.2 Å². The van der Waals surface area contributed by atoms with E-state index in [2.05, 4.69) is 167 Å². The SMILES string of the molecule is CC/C=C\C/C=C\C/C=C\C/C=C\C/C=C\C/C=C\C/C=C\C/C=C\C/C=C\C/C=C\CCCCC(=O)OCC(COC(=O)CCCCCCC/C=C\CCC)OC(=O)CCCCCCC/C=C\CCCC. The summed E-state index contributed by atoms with van der Waals surface area (Å²) in [4.78, 5) is 37.9. The van der Waals surface area contributed by atoms with Crippen molar-refractivity contribution in [3.63, 3.8) is 0 Å². The lowest BCUT2D eigenvalue weighted by atomic mass is 10.1. The molecule has 0 rings (SSSR count). The number of rotatable bonds is 50. The minimum absolute atomic E-state index is 0.104. The molecule has 0 aliphatic heterocycles. The summed E-state index contributed by atoms with van der Waals surface area (Å²) in [5, 5.41) is 0. The Bertz CT molecular complexity index is 1610. The summed E-state index contributed by atoms with van der Waals surface area (Å²) in [7, 11) is 0. The van der Waals surface area contributed by atoms with Crippen molar-refractivity contribution < 1.29 is 28.6 Å². The highest BCUT2D eigenvalue weighted by molar-refractivity contribution is 5.71. The third-order valence-electron chi connectivity index (χ3n) is 11.5. The van der Waals surface area contributed by atoms with Gasteiger partial charge in [0.25, 0.3) is 0 Å². The molecule has 72 heavy (non-hydrogen) atoms. The fraction of sp³-hybridized carbons (Fsp3) is 0.591. The summed E-state index contributed by atoms with van der Waals surface area (Å²) in [5.74, 6) is -0.980. The van der Waals surface area contributed by atoms with Gasteiger partial charge in [-0.25, -0.2) is 0 Å². The first-order valence-corrected chi connectivity index (χ1v) is 28.8. The molecule has 0 saturated heterocycles. The van der Waals surface area contributed by atoms with Gasteiger partial charge in [0, 0.05) is 19.3 Å². The zero-order valence-corrected chi connectivity index (χ0v) is 46.1. The minimum Gasteiger partial charge on any atom is -0.462 e. The predicted octanol–water partition coefficient (Wildman–Crippen LogP) is 19.6. The number of ether oxygens (including phenoxy) is 3. The Labute approximate surface area is 442 Å². The van der Waals surface area contributed by atoms with Crippen LogP contribution in [0.3, 0.4) is 0 Å². The molecule has 0 spiro atoms. The van der Waals surface area contributed by atoms with Gasteiger partial charge in [0.1, 0.15) is 13.2 Å². The predicted molar refractivity (Wildman–Crippen MR) is 311 cm³/mol. The number of unbranched alkanes of at least 4 members (excludes halogenated alkanes) is 15. The second-order valence-electron chi connectivity index (χ2n) is 18.5. The maximum Gasteiger partial charge on any atom is 0.306 e. The van der Waals surface area contributed by atoms with E-state index < -0.39 is 6.10 Å². The first-order valence-electron chi connectivity index (χ1n) is 28.8. The summed E-state index contributed by atoms with van der Waals surface area (Å²) in [5.41, 5.74) is 0. The van der Waals surface area contributed by atoms with Crippen molar-refractivity contribution in [1.29, 1.82) is 0 Å². The lowest BCUT2D eigenvalue weighted by Crippen LogP contribution is -2.30. The Balaban J connectivity index is 4.29. The average Bonchev–Trinajstić information content (AvgIpc) is 3.38. The van der Waals surface area contributed by atoms with E-state index >= 15 is 0 Å². The first-order chi connectivity index (χ1) is 35.5. The summed E-state index contributed by atoms with van der Waals surface area (Å²) in [6, 6.07) is 0. The number of esters is 3. The van der Waals surface area contributed by atoms with Gasteiger partial charge in [-0.05, 0) is 135 Å². The third-order valence-corrected chi connectivity index (χ3v) is 11.5. The fourth-order valence-corrected chi connectivity index (χ4v) is 7.22. The molecule has 0 fully saturated rings. The molecular formula is C66H104O6. The van der Waals surface area contributed by atoms with Crippen molar-refractivity contribution in [3.8, 4) is 0 Å². The zero-order chi connectivity index (χ0) is 52.2. The summed E-state index contributed by atoms with van der Waals surface area (Å²) < 4.78 is 16.7. The highest BCUT2D eigenvalue weighted by Gasteiger charge is 2.19. The van der Waals surface area contributed by atoms with Crippen molar-refractivity contribution in [3.05, 3.63) is 146 Å². The van der Waals surface area contributed by atoms with Crippen molar-refractivity contribution in [2.45, 2.75) is 239 Å². The van der Waals surface area contributed by atoms with E-state index in [1.165, 1.54) is 38.5 Å². The Kier molecular flexibility index (Phi) is 55.0. The van der Waals surface area contributed by atoms with Gasteiger partial charge in [0.2, 0.25) is 0 Å². The second-order valence-corrected chi connectivity index (χ2v) is 18.5. The summed E-state index contributed by atoms with van der Waals surface area (Å²) in [6.07, 6.45) is 84.3. The smallest absolute Gasteiger partial charge is 0.306 e. The van der Waals surface area contributed by atoms with Gasteiger partial charge in [-0.1, -0.05) is 224 Å². The molecule has 0 bridgehead atoms. The zero-order valence-electron chi connectivity index (χ0n) is 46.1. The largest absolute Gasteiger partial charge is 0.462 e. The first kappa shape index (κ1) is 67.3. The van der Waals surface area contributed by atoms with Gasteiger partial charge in [-0.2, -0.15) is 0 Å². The average molecular weight is 994 g/mol. The molecule has 0 aliphatic rings. The fourth-order valence-electron chi connectivity index (χ4n) is 7.22. The molecule has 0 aromatic rings. The topological polar surface area (TPSA) is 78.9 Å². The third kappa shape index (κ3) is 56.2. The Morgan fingerprint density at radius 3 is 0.944 bits per heavy atom. The summed E-state index contributed by atoms with van der Waals surface area (Å²) >= 11 is 0. The molecule has 1 unspecified atom stereocenters. The molecule has 0 N–H and O–H groups in total.